The van der Waals surface area contributed by atoms with Crippen molar-refractivity contribution in [2.45, 2.75) is 26.0 Å². The van der Waals surface area contributed by atoms with Crippen molar-refractivity contribution in [1.29, 1.82) is 0 Å². The molecule has 30 heavy (non-hydrogen) atoms. The van der Waals surface area contributed by atoms with Crippen LogP contribution in [0.25, 0.3) is 0 Å². The summed E-state index contributed by atoms with van der Waals surface area (Å²) in [6.07, 6.45) is 2.90. The maximum Gasteiger partial charge on any atom is 0.268 e. The van der Waals surface area contributed by atoms with Gasteiger partial charge in [-0.25, -0.2) is 8.78 Å². The standard InChI is InChI=1S/C21H20F2N4O3/c1-21(2,30-18-9-5-15(23)6-10-18)20(29)26-17-11-24-27(12-17)13-19(28)25-16-7-3-14(22)4-8-16/h3-12H,13H2,1-2H3,(H,25,28)(H,26,29). The van der Waals surface area contributed by atoms with E-state index in [0.717, 1.165) is 0 Å². The van der Waals surface area contributed by atoms with Crippen LogP contribution in [0.2, 0.25) is 0 Å². The number of amides is 2. The molecule has 1 aromatic heterocycles. The third-order valence-corrected chi connectivity index (χ3v) is 4.06. The highest BCUT2D eigenvalue weighted by atomic mass is 19.1. The minimum atomic E-state index is -1.24. The van der Waals surface area contributed by atoms with Crippen LogP contribution < -0.4 is 15.4 Å². The second-order valence-electron chi connectivity index (χ2n) is 7.00. The number of ether oxygens (including phenoxy) is 1. The number of benzene rings is 2. The van der Waals surface area contributed by atoms with E-state index in [-0.39, 0.29) is 12.5 Å². The first-order chi connectivity index (χ1) is 14.2. The number of hydrogen-bond acceptors (Lipinski definition) is 4. The maximum atomic E-state index is 13.0. The molecule has 9 heteroatoms. The molecule has 0 bridgehead atoms. The molecular weight excluding hydrogens is 394 g/mol. The van der Waals surface area contributed by atoms with Gasteiger partial charge in [0.1, 0.15) is 23.9 Å². The smallest absolute Gasteiger partial charge is 0.268 e. The van der Waals surface area contributed by atoms with Crippen LogP contribution in [-0.4, -0.2) is 27.2 Å². The van der Waals surface area contributed by atoms with Crippen molar-refractivity contribution in [3.8, 4) is 5.75 Å². The third-order valence-electron chi connectivity index (χ3n) is 4.06. The predicted molar refractivity (Wildman–Crippen MR) is 107 cm³/mol. The van der Waals surface area contributed by atoms with Gasteiger partial charge in [0, 0.05) is 11.9 Å². The van der Waals surface area contributed by atoms with Crippen LogP contribution in [0.1, 0.15) is 13.8 Å². The first-order valence-corrected chi connectivity index (χ1v) is 9.05. The second kappa shape index (κ2) is 8.73. The summed E-state index contributed by atoms with van der Waals surface area (Å²) in [5, 5.41) is 9.33. The molecule has 2 N–H and O–H groups in total. The first kappa shape index (κ1) is 21.0. The Balaban J connectivity index is 1.56. The fraction of sp³-hybridized carbons (Fsp3) is 0.190. The van der Waals surface area contributed by atoms with Gasteiger partial charge in [-0.05, 0) is 62.4 Å². The SMILES string of the molecule is CC(C)(Oc1ccc(F)cc1)C(=O)Nc1cnn(CC(=O)Nc2ccc(F)cc2)c1. The molecular formula is C21H20F2N4O3. The van der Waals surface area contributed by atoms with Gasteiger partial charge in [0.25, 0.3) is 5.91 Å². The summed E-state index contributed by atoms with van der Waals surface area (Å²) in [6, 6.07) is 10.7. The van der Waals surface area contributed by atoms with Crippen LogP contribution in [0.15, 0.2) is 60.9 Å². The molecule has 0 aliphatic carbocycles. The Morgan fingerprint density at radius 1 is 0.967 bits per heavy atom. The molecule has 0 aliphatic rings. The van der Waals surface area contributed by atoms with Crippen molar-refractivity contribution in [3.63, 3.8) is 0 Å². The number of nitrogens with zero attached hydrogens (tertiary/aromatic N) is 2. The molecule has 0 radical (unpaired) electrons. The van der Waals surface area contributed by atoms with E-state index in [4.69, 9.17) is 4.74 Å². The van der Waals surface area contributed by atoms with Crippen LogP contribution in [0.4, 0.5) is 20.2 Å². The van der Waals surface area contributed by atoms with Crippen molar-refractivity contribution >= 4 is 23.2 Å². The zero-order chi connectivity index (χ0) is 21.7. The average molecular weight is 414 g/mol. The van der Waals surface area contributed by atoms with E-state index in [2.05, 4.69) is 15.7 Å². The Morgan fingerprint density at radius 2 is 1.57 bits per heavy atom. The van der Waals surface area contributed by atoms with E-state index >= 15 is 0 Å². The van der Waals surface area contributed by atoms with Gasteiger partial charge in [0.05, 0.1) is 11.9 Å². The van der Waals surface area contributed by atoms with E-state index in [1.54, 1.807) is 13.8 Å². The van der Waals surface area contributed by atoms with E-state index in [9.17, 15) is 18.4 Å². The zero-order valence-electron chi connectivity index (χ0n) is 16.4. The van der Waals surface area contributed by atoms with Crippen molar-refractivity contribution in [1.82, 2.24) is 9.78 Å². The molecule has 0 aliphatic heterocycles. The normalized spacial score (nSPS) is 11.1. The number of hydrogen-bond donors (Lipinski definition) is 2. The molecule has 1 heterocycles. The van der Waals surface area contributed by atoms with Crippen LogP contribution in [0, 0.1) is 11.6 Å². The van der Waals surface area contributed by atoms with Crippen molar-refractivity contribution in [3.05, 3.63) is 72.6 Å². The number of rotatable bonds is 7. The molecule has 0 saturated carbocycles. The van der Waals surface area contributed by atoms with Crippen LogP contribution in [0.3, 0.4) is 0 Å². The van der Waals surface area contributed by atoms with Crippen LogP contribution in [-0.2, 0) is 16.1 Å². The zero-order valence-corrected chi connectivity index (χ0v) is 16.4. The molecule has 3 rings (SSSR count). The molecule has 0 saturated heterocycles. The number of aromatic nitrogens is 2. The monoisotopic (exact) mass is 414 g/mol. The summed E-state index contributed by atoms with van der Waals surface area (Å²) in [7, 11) is 0. The molecule has 2 amide bonds. The fourth-order valence-electron chi connectivity index (χ4n) is 2.52. The van der Waals surface area contributed by atoms with E-state index in [0.29, 0.717) is 17.1 Å². The lowest BCUT2D eigenvalue weighted by molar-refractivity contribution is -0.128. The number of carbonyl (C=O) groups is 2. The fourth-order valence-corrected chi connectivity index (χ4v) is 2.52. The molecule has 0 spiro atoms. The van der Waals surface area contributed by atoms with Gasteiger partial charge in [0.15, 0.2) is 5.60 Å². The van der Waals surface area contributed by atoms with Gasteiger partial charge >= 0.3 is 0 Å². The van der Waals surface area contributed by atoms with Gasteiger partial charge in [-0.3, -0.25) is 14.3 Å². The Kier molecular flexibility index (Phi) is 6.10. The Hall–Kier alpha value is -3.75. The molecule has 0 atom stereocenters. The lowest BCUT2D eigenvalue weighted by Gasteiger charge is -2.25. The lowest BCUT2D eigenvalue weighted by Crippen LogP contribution is -2.42. The van der Waals surface area contributed by atoms with E-state index in [1.165, 1.54) is 65.6 Å². The quantitative estimate of drug-likeness (QED) is 0.619. The molecule has 7 nitrogen and oxygen atoms in total. The van der Waals surface area contributed by atoms with Gasteiger partial charge in [-0.2, -0.15) is 5.10 Å². The van der Waals surface area contributed by atoms with E-state index < -0.39 is 23.1 Å². The number of halogens is 2. The number of nitrogens with one attached hydrogen (secondary N) is 2. The van der Waals surface area contributed by atoms with Crippen molar-refractivity contribution < 1.29 is 23.1 Å². The highest BCUT2D eigenvalue weighted by molar-refractivity contribution is 5.97. The summed E-state index contributed by atoms with van der Waals surface area (Å²) >= 11 is 0. The van der Waals surface area contributed by atoms with E-state index in [1.807, 2.05) is 0 Å². The molecule has 3 aromatic rings. The second-order valence-corrected chi connectivity index (χ2v) is 7.00. The number of carbonyl (C=O) groups excluding carboxylic acids is 2. The Morgan fingerprint density at radius 3 is 2.20 bits per heavy atom. The summed E-state index contributed by atoms with van der Waals surface area (Å²) in [5.41, 5.74) is -0.396. The first-order valence-electron chi connectivity index (χ1n) is 9.05. The Bertz CT molecular complexity index is 1030. The topological polar surface area (TPSA) is 85.2 Å². The minimum Gasteiger partial charge on any atom is -0.478 e. The van der Waals surface area contributed by atoms with Gasteiger partial charge in [0.2, 0.25) is 5.91 Å². The van der Waals surface area contributed by atoms with Crippen molar-refractivity contribution in [2.24, 2.45) is 0 Å². The highest BCUT2D eigenvalue weighted by Gasteiger charge is 2.30. The van der Waals surface area contributed by atoms with Crippen molar-refractivity contribution in [2.75, 3.05) is 10.6 Å². The molecule has 2 aromatic carbocycles. The third kappa shape index (κ3) is 5.63. The highest BCUT2D eigenvalue weighted by Crippen LogP contribution is 2.20. The van der Waals surface area contributed by atoms with Gasteiger partial charge in [-0.1, -0.05) is 0 Å². The van der Waals surface area contributed by atoms with Gasteiger partial charge in [-0.15, -0.1) is 0 Å². The lowest BCUT2D eigenvalue weighted by atomic mass is 10.1. The van der Waals surface area contributed by atoms with Gasteiger partial charge < -0.3 is 15.4 Å². The maximum absolute atomic E-state index is 13.0. The van der Waals surface area contributed by atoms with Crippen LogP contribution >= 0.6 is 0 Å². The number of anilines is 2. The summed E-state index contributed by atoms with van der Waals surface area (Å²) in [5.74, 6) is -1.25. The van der Waals surface area contributed by atoms with Crippen LogP contribution in [0.5, 0.6) is 5.75 Å². The predicted octanol–water partition coefficient (Wildman–Crippen LogP) is 3.60. The summed E-state index contributed by atoms with van der Waals surface area (Å²) in [6.45, 7) is 3.06. The molecule has 0 fully saturated rings. The average Bonchev–Trinajstić information content (AvgIpc) is 3.12. The molecule has 0 unspecified atom stereocenters. The Labute approximate surface area is 171 Å². The minimum absolute atomic E-state index is 0.0945. The molecule has 156 valence electrons. The largest absolute Gasteiger partial charge is 0.478 e. The summed E-state index contributed by atoms with van der Waals surface area (Å²) in [4.78, 5) is 24.6. The summed E-state index contributed by atoms with van der Waals surface area (Å²) < 4.78 is 32.9.